The second-order valence-electron chi connectivity index (χ2n) is 4.19. The molecule has 13 heavy (non-hydrogen) atoms. The predicted octanol–water partition coefficient (Wildman–Crippen LogP) is 2.98. The average Bonchev–Trinajstić information content (AvgIpc) is 2.82. The van der Waals surface area contributed by atoms with Crippen molar-refractivity contribution in [3.8, 4) is 0 Å². The Hall–Kier alpha value is -0.920. The van der Waals surface area contributed by atoms with E-state index in [2.05, 4.69) is 18.8 Å². The van der Waals surface area contributed by atoms with E-state index in [0.717, 1.165) is 11.5 Å². The van der Waals surface area contributed by atoms with E-state index < -0.39 is 0 Å². The fraction of sp³-hybridized carbons (Fsp3) is 0.545. The van der Waals surface area contributed by atoms with Crippen LogP contribution in [0, 0.1) is 17.7 Å². The Morgan fingerprint density at radius 1 is 1.46 bits per heavy atom. The van der Waals surface area contributed by atoms with Gasteiger partial charge in [-0.3, -0.25) is 4.98 Å². The van der Waals surface area contributed by atoms with E-state index >= 15 is 0 Å². The first-order valence-corrected chi connectivity index (χ1v) is 4.79. The maximum absolute atomic E-state index is 12.8. The molecule has 0 bridgehead atoms. The van der Waals surface area contributed by atoms with Gasteiger partial charge in [-0.25, -0.2) is 4.39 Å². The number of hydrogen-bond donors (Lipinski definition) is 0. The minimum Gasteiger partial charge on any atom is -0.261 e. The van der Waals surface area contributed by atoms with E-state index in [1.54, 1.807) is 12.3 Å². The zero-order valence-electron chi connectivity index (χ0n) is 8.00. The molecule has 0 saturated heterocycles. The Kier molecular flexibility index (Phi) is 2.06. The molecule has 0 radical (unpaired) electrons. The third-order valence-electron chi connectivity index (χ3n) is 2.85. The normalized spacial score (nSPS) is 26.5. The summed E-state index contributed by atoms with van der Waals surface area (Å²) in [5.41, 5.74) is 1.07. The van der Waals surface area contributed by atoms with E-state index in [1.807, 2.05) is 0 Å². The summed E-state index contributed by atoms with van der Waals surface area (Å²) in [5.74, 6) is 1.78. The summed E-state index contributed by atoms with van der Waals surface area (Å²) < 4.78 is 12.8. The van der Waals surface area contributed by atoms with Crippen LogP contribution in [0.3, 0.4) is 0 Å². The molecule has 1 heterocycles. The second kappa shape index (κ2) is 3.09. The number of rotatable bonds is 2. The minimum atomic E-state index is -0.216. The maximum atomic E-state index is 12.8. The molecule has 2 rings (SSSR count). The van der Waals surface area contributed by atoms with Crippen molar-refractivity contribution in [2.45, 2.75) is 26.2 Å². The molecule has 1 saturated carbocycles. The van der Waals surface area contributed by atoms with Gasteiger partial charge < -0.3 is 0 Å². The largest absolute Gasteiger partial charge is 0.261 e. The lowest BCUT2D eigenvalue weighted by Crippen LogP contribution is -1.93. The van der Waals surface area contributed by atoms with E-state index in [1.165, 1.54) is 12.6 Å². The number of hydrogen-bond acceptors (Lipinski definition) is 1. The second-order valence-corrected chi connectivity index (χ2v) is 4.19. The SMILES string of the molecule is CC(C)[C@H]1C[C@@H]1c1cncc(F)c1. The van der Waals surface area contributed by atoms with Gasteiger partial charge in [-0.1, -0.05) is 13.8 Å². The van der Waals surface area contributed by atoms with Crippen LogP contribution < -0.4 is 0 Å². The highest BCUT2D eigenvalue weighted by atomic mass is 19.1. The van der Waals surface area contributed by atoms with Crippen molar-refractivity contribution in [1.29, 1.82) is 0 Å². The number of aromatic nitrogens is 1. The Bertz CT molecular complexity index is 309. The molecule has 1 aliphatic carbocycles. The van der Waals surface area contributed by atoms with Gasteiger partial charge in [0.2, 0.25) is 0 Å². The average molecular weight is 179 g/mol. The van der Waals surface area contributed by atoms with Crippen LogP contribution >= 0.6 is 0 Å². The fourth-order valence-electron chi connectivity index (χ4n) is 1.97. The van der Waals surface area contributed by atoms with Crippen LogP contribution in [0.15, 0.2) is 18.5 Å². The first-order valence-electron chi connectivity index (χ1n) is 4.79. The standard InChI is InChI=1S/C11H14FN/c1-7(2)10-4-11(10)8-3-9(12)6-13-5-8/h3,5-7,10-11H,4H2,1-2H3/t10-,11-/m1/s1. The van der Waals surface area contributed by atoms with Crippen molar-refractivity contribution in [3.63, 3.8) is 0 Å². The van der Waals surface area contributed by atoms with E-state index in [-0.39, 0.29) is 5.82 Å². The molecule has 0 amide bonds. The summed E-state index contributed by atoms with van der Waals surface area (Å²) in [6.07, 6.45) is 4.25. The molecule has 2 atom stereocenters. The van der Waals surface area contributed by atoms with Crippen molar-refractivity contribution in [3.05, 3.63) is 29.8 Å². The van der Waals surface area contributed by atoms with Crippen molar-refractivity contribution in [1.82, 2.24) is 4.98 Å². The molecule has 1 fully saturated rings. The van der Waals surface area contributed by atoms with Crippen LogP contribution in [0.25, 0.3) is 0 Å². The molecular weight excluding hydrogens is 165 g/mol. The fourth-order valence-corrected chi connectivity index (χ4v) is 1.97. The third kappa shape index (κ3) is 1.71. The molecule has 0 aromatic carbocycles. The summed E-state index contributed by atoms with van der Waals surface area (Å²) >= 11 is 0. The van der Waals surface area contributed by atoms with Gasteiger partial charge in [0.15, 0.2) is 0 Å². The van der Waals surface area contributed by atoms with Gasteiger partial charge in [0.05, 0.1) is 6.20 Å². The summed E-state index contributed by atoms with van der Waals surface area (Å²) in [5, 5.41) is 0. The van der Waals surface area contributed by atoms with Crippen LogP contribution in [-0.2, 0) is 0 Å². The van der Waals surface area contributed by atoms with Crippen molar-refractivity contribution >= 4 is 0 Å². The van der Waals surface area contributed by atoms with Gasteiger partial charge in [0.25, 0.3) is 0 Å². The van der Waals surface area contributed by atoms with Gasteiger partial charge in [-0.05, 0) is 35.8 Å². The summed E-state index contributed by atoms with van der Waals surface area (Å²) in [4.78, 5) is 3.86. The number of nitrogens with zero attached hydrogens (tertiary/aromatic N) is 1. The first-order chi connectivity index (χ1) is 6.18. The molecule has 1 aromatic heterocycles. The van der Waals surface area contributed by atoms with Crippen molar-refractivity contribution in [2.75, 3.05) is 0 Å². The highest BCUT2D eigenvalue weighted by molar-refractivity contribution is 5.23. The van der Waals surface area contributed by atoms with Gasteiger partial charge in [-0.2, -0.15) is 0 Å². The maximum Gasteiger partial charge on any atom is 0.141 e. The van der Waals surface area contributed by atoms with Gasteiger partial charge in [-0.15, -0.1) is 0 Å². The summed E-state index contributed by atoms with van der Waals surface area (Å²) in [6.45, 7) is 4.44. The molecule has 2 heteroatoms. The summed E-state index contributed by atoms with van der Waals surface area (Å²) in [6, 6.07) is 1.61. The zero-order valence-corrected chi connectivity index (χ0v) is 8.00. The predicted molar refractivity (Wildman–Crippen MR) is 49.9 cm³/mol. The van der Waals surface area contributed by atoms with E-state index in [0.29, 0.717) is 11.8 Å². The molecule has 0 unspecified atom stereocenters. The molecular formula is C11H14FN. The van der Waals surface area contributed by atoms with Crippen molar-refractivity contribution < 1.29 is 4.39 Å². The van der Waals surface area contributed by atoms with Crippen LogP contribution in [0.5, 0.6) is 0 Å². The molecule has 0 spiro atoms. The van der Waals surface area contributed by atoms with Gasteiger partial charge in [0.1, 0.15) is 5.82 Å². The van der Waals surface area contributed by atoms with Crippen LogP contribution in [-0.4, -0.2) is 4.98 Å². The Morgan fingerprint density at radius 2 is 2.23 bits per heavy atom. The minimum absolute atomic E-state index is 0.216. The topological polar surface area (TPSA) is 12.9 Å². The molecule has 0 aliphatic heterocycles. The molecule has 1 nitrogen and oxygen atoms in total. The smallest absolute Gasteiger partial charge is 0.141 e. The molecule has 1 aromatic rings. The lowest BCUT2D eigenvalue weighted by atomic mass is 10.0. The van der Waals surface area contributed by atoms with E-state index in [4.69, 9.17) is 0 Å². The highest BCUT2D eigenvalue weighted by Gasteiger charge is 2.40. The first kappa shape index (κ1) is 8.67. The zero-order chi connectivity index (χ0) is 9.42. The monoisotopic (exact) mass is 179 g/mol. The number of pyridine rings is 1. The lowest BCUT2D eigenvalue weighted by molar-refractivity contribution is 0.546. The van der Waals surface area contributed by atoms with E-state index in [9.17, 15) is 4.39 Å². The van der Waals surface area contributed by atoms with Crippen molar-refractivity contribution in [2.24, 2.45) is 11.8 Å². The molecule has 1 aliphatic rings. The number of halogens is 1. The lowest BCUT2D eigenvalue weighted by Gasteiger charge is -2.02. The third-order valence-corrected chi connectivity index (χ3v) is 2.85. The Balaban J connectivity index is 2.12. The molecule has 70 valence electrons. The van der Waals surface area contributed by atoms with Gasteiger partial charge >= 0.3 is 0 Å². The highest BCUT2D eigenvalue weighted by Crippen LogP contribution is 2.51. The van der Waals surface area contributed by atoms with Crippen LogP contribution in [0.1, 0.15) is 31.7 Å². The Labute approximate surface area is 78.0 Å². The van der Waals surface area contributed by atoms with Crippen LogP contribution in [0.2, 0.25) is 0 Å². The van der Waals surface area contributed by atoms with Crippen LogP contribution in [0.4, 0.5) is 4.39 Å². The quantitative estimate of drug-likeness (QED) is 0.680. The van der Waals surface area contributed by atoms with Gasteiger partial charge in [0, 0.05) is 6.20 Å². The molecule has 0 N–H and O–H groups in total. The summed E-state index contributed by atoms with van der Waals surface area (Å²) in [7, 11) is 0. The Morgan fingerprint density at radius 3 is 2.77 bits per heavy atom.